The minimum Gasteiger partial charge on any atom is -0.490 e. The van der Waals surface area contributed by atoms with Gasteiger partial charge in [0.1, 0.15) is 5.75 Å². The van der Waals surface area contributed by atoms with Gasteiger partial charge in [0.2, 0.25) is 0 Å². The quantitative estimate of drug-likeness (QED) is 0.387. The maximum Gasteiger partial charge on any atom is 0.175 e. The topological polar surface area (TPSA) is 67.8 Å². The Labute approximate surface area is 124 Å². The molecule has 2 rings (SSSR count). The van der Waals surface area contributed by atoms with Gasteiger partial charge in [-0.05, 0) is 43.2 Å². The fourth-order valence-corrected chi connectivity index (χ4v) is 2.95. The summed E-state index contributed by atoms with van der Waals surface area (Å²) in [6.07, 6.45) is 3.35. The molecule has 0 aliphatic heterocycles. The Kier molecular flexibility index (Phi) is 4.76. The summed E-state index contributed by atoms with van der Waals surface area (Å²) >= 11 is 6.12. The average Bonchev–Trinajstić information content (AvgIpc) is 2.42. The van der Waals surface area contributed by atoms with Crippen molar-refractivity contribution in [1.29, 1.82) is 0 Å². The van der Waals surface area contributed by atoms with Crippen molar-refractivity contribution in [2.45, 2.75) is 39.2 Å². The smallest absolute Gasteiger partial charge is 0.175 e. The zero-order chi connectivity index (χ0) is 14.7. The van der Waals surface area contributed by atoms with Crippen LogP contribution in [0, 0.1) is 11.8 Å². The fourth-order valence-electron chi connectivity index (χ4n) is 2.69. The van der Waals surface area contributed by atoms with Gasteiger partial charge < -0.3 is 15.7 Å². The van der Waals surface area contributed by atoms with Crippen LogP contribution in [0.25, 0.3) is 0 Å². The number of hydrogen-bond acceptors (Lipinski definition) is 3. The second-order valence-electron chi connectivity index (χ2n) is 5.61. The summed E-state index contributed by atoms with van der Waals surface area (Å²) in [6.45, 7) is 4.53. The Morgan fingerprint density at radius 3 is 2.75 bits per heavy atom. The number of nitrogens with two attached hydrogens (primary N) is 1. The lowest BCUT2D eigenvalue weighted by Crippen LogP contribution is -2.29. The Balaban J connectivity index is 2.20. The van der Waals surface area contributed by atoms with Crippen molar-refractivity contribution in [3.63, 3.8) is 0 Å². The van der Waals surface area contributed by atoms with Gasteiger partial charge in [0, 0.05) is 0 Å². The van der Waals surface area contributed by atoms with Crippen LogP contribution in [0.15, 0.2) is 23.4 Å². The number of oxime groups is 1. The van der Waals surface area contributed by atoms with Gasteiger partial charge in [-0.2, -0.15) is 0 Å². The number of amidine groups is 1. The van der Waals surface area contributed by atoms with E-state index in [4.69, 9.17) is 27.3 Å². The molecule has 1 aliphatic rings. The van der Waals surface area contributed by atoms with Crippen LogP contribution >= 0.6 is 11.6 Å². The van der Waals surface area contributed by atoms with Crippen LogP contribution in [0.5, 0.6) is 5.75 Å². The van der Waals surface area contributed by atoms with Crippen molar-refractivity contribution >= 4 is 17.4 Å². The number of halogens is 1. The molecule has 4 nitrogen and oxygen atoms in total. The van der Waals surface area contributed by atoms with E-state index in [0.29, 0.717) is 22.3 Å². The Morgan fingerprint density at radius 1 is 1.35 bits per heavy atom. The lowest BCUT2D eigenvalue weighted by Gasteiger charge is -2.32. The SMILES string of the molecule is CC1CCC(Oc2cccc(Cl)c2C(N)=NO)CC1C. The number of rotatable bonds is 3. The molecule has 5 heteroatoms. The molecule has 0 spiro atoms. The molecule has 3 N–H and O–H groups in total. The van der Waals surface area contributed by atoms with Crippen LogP contribution in [0.2, 0.25) is 5.02 Å². The van der Waals surface area contributed by atoms with Crippen molar-refractivity contribution in [2.75, 3.05) is 0 Å². The van der Waals surface area contributed by atoms with Crippen molar-refractivity contribution in [1.82, 2.24) is 0 Å². The van der Waals surface area contributed by atoms with Crippen molar-refractivity contribution in [3.05, 3.63) is 28.8 Å². The first kappa shape index (κ1) is 15.0. The first-order valence-corrected chi connectivity index (χ1v) is 7.33. The van der Waals surface area contributed by atoms with Crippen molar-refractivity contribution in [3.8, 4) is 5.75 Å². The van der Waals surface area contributed by atoms with Crippen LogP contribution in [0.1, 0.15) is 38.7 Å². The lowest BCUT2D eigenvalue weighted by atomic mass is 9.80. The van der Waals surface area contributed by atoms with Crippen molar-refractivity contribution in [2.24, 2.45) is 22.7 Å². The molecule has 3 atom stereocenters. The molecule has 3 unspecified atom stereocenters. The Morgan fingerprint density at radius 2 is 2.10 bits per heavy atom. The normalized spacial score (nSPS) is 27.4. The van der Waals surface area contributed by atoms with Crippen LogP contribution < -0.4 is 10.5 Å². The summed E-state index contributed by atoms with van der Waals surface area (Å²) in [5.41, 5.74) is 6.15. The predicted octanol–water partition coefficient (Wildman–Crippen LogP) is 3.64. The van der Waals surface area contributed by atoms with Gasteiger partial charge in [0.05, 0.1) is 16.7 Å². The monoisotopic (exact) mass is 296 g/mol. The highest BCUT2D eigenvalue weighted by atomic mass is 35.5. The van der Waals surface area contributed by atoms with Gasteiger partial charge >= 0.3 is 0 Å². The fraction of sp³-hybridized carbons (Fsp3) is 0.533. The standard InChI is InChI=1S/C15H21ClN2O2/c1-9-6-7-11(8-10(9)2)20-13-5-3-4-12(16)14(13)15(17)18-19/h3-5,9-11,19H,6-8H2,1-2H3,(H2,17,18). The van der Waals surface area contributed by atoms with E-state index in [9.17, 15) is 0 Å². The zero-order valence-electron chi connectivity index (χ0n) is 11.8. The number of nitrogens with zero attached hydrogens (tertiary/aromatic N) is 1. The number of ether oxygens (including phenoxy) is 1. The molecule has 0 heterocycles. The zero-order valence-corrected chi connectivity index (χ0v) is 12.6. The van der Waals surface area contributed by atoms with E-state index in [2.05, 4.69) is 19.0 Å². The molecule has 110 valence electrons. The van der Waals surface area contributed by atoms with Crippen LogP contribution in [0.3, 0.4) is 0 Å². The largest absolute Gasteiger partial charge is 0.490 e. The summed E-state index contributed by atoms with van der Waals surface area (Å²) in [5, 5.41) is 12.3. The van der Waals surface area contributed by atoms with Crippen LogP contribution in [-0.2, 0) is 0 Å². The van der Waals surface area contributed by atoms with Gasteiger partial charge in [-0.1, -0.05) is 36.7 Å². The molecule has 0 radical (unpaired) electrons. The molecule has 0 amide bonds. The summed E-state index contributed by atoms with van der Waals surface area (Å²) < 4.78 is 6.05. The Hall–Kier alpha value is -1.42. The molecule has 1 aromatic carbocycles. The molecule has 0 bridgehead atoms. The third kappa shape index (κ3) is 3.18. The maximum atomic E-state index is 8.87. The lowest BCUT2D eigenvalue weighted by molar-refractivity contribution is 0.100. The highest BCUT2D eigenvalue weighted by Gasteiger charge is 2.26. The van der Waals surface area contributed by atoms with Gasteiger partial charge in [0.15, 0.2) is 5.84 Å². The summed E-state index contributed by atoms with van der Waals surface area (Å²) in [5.74, 6) is 1.93. The first-order chi connectivity index (χ1) is 9.52. The highest BCUT2D eigenvalue weighted by Crippen LogP contribution is 2.34. The molecule has 1 aromatic rings. The van der Waals surface area contributed by atoms with Crippen LogP contribution in [-0.4, -0.2) is 17.1 Å². The van der Waals surface area contributed by atoms with E-state index in [-0.39, 0.29) is 11.9 Å². The van der Waals surface area contributed by atoms with Gasteiger partial charge in [0.25, 0.3) is 0 Å². The molecular formula is C15H21ClN2O2. The third-order valence-corrected chi connectivity index (χ3v) is 4.50. The molecule has 20 heavy (non-hydrogen) atoms. The number of hydrogen-bond donors (Lipinski definition) is 2. The number of benzene rings is 1. The summed E-state index contributed by atoms with van der Waals surface area (Å²) in [7, 11) is 0. The van der Waals surface area contributed by atoms with Gasteiger partial charge in [-0.25, -0.2) is 0 Å². The second kappa shape index (κ2) is 6.35. The second-order valence-corrected chi connectivity index (χ2v) is 6.01. The Bertz CT molecular complexity index is 505. The highest BCUT2D eigenvalue weighted by molar-refractivity contribution is 6.34. The molecule has 1 fully saturated rings. The first-order valence-electron chi connectivity index (χ1n) is 6.96. The van der Waals surface area contributed by atoms with Crippen LogP contribution in [0.4, 0.5) is 0 Å². The van der Waals surface area contributed by atoms with E-state index in [0.717, 1.165) is 25.2 Å². The minimum atomic E-state index is -0.0252. The van der Waals surface area contributed by atoms with E-state index in [1.54, 1.807) is 12.1 Å². The molecular weight excluding hydrogens is 276 g/mol. The molecule has 1 saturated carbocycles. The van der Waals surface area contributed by atoms with Gasteiger partial charge in [-0.15, -0.1) is 0 Å². The van der Waals surface area contributed by atoms with Crippen molar-refractivity contribution < 1.29 is 9.94 Å². The molecule has 0 aromatic heterocycles. The van der Waals surface area contributed by atoms with Gasteiger partial charge in [-0.3, -0.25) is 0 Å². The average molecular weight is 297 g/mol. The van der Waals surface area contributed by atoms with E-state index < -0.39 is 0 Å². The van der Waals surface area contributed by atoms with E-state index in [1.807, 2.05) is 6.07 Å². The molecule has 0 saturated heterocycles. The maximum absolute atomic E-state index is 8.87. The van der Waals surface area contributed by atoms with E-state index >= 15 is 0 Å². The molecule has 1 aliphatic carbocycles. The minimum absolute atomic E-state index is 0.0252. The summed E-state index contributed by atoms with van der Waals surface area (Å²) in [4.78, 5) is 0. The predicted molar refractivity (Wildman–Crippen MR) is 80.6 cm³/mol. The third-order valence-electron chi connectivity index (χ3n) is 4.18. The summed E-state index contributed by atoms with van der Waals surface area (Å²) in [6, 6.07) is 5.32. The van der Waals surface area contributed by atoms with E-state index in [1.165, 1.54) is 0 Å².